The number of carbonyl (C=O) groups excluding carboxylic acids is 2. The SMILES string of the molecule is Cc1[nH]c2ccccc2c1C(=O)COC(=O)COc1ccc([N+](=O)[O-])cc1. The second kappa shape index (κ2) is 7.69. The number of fused-ring (bicyclic) bond motifs is 1. The van der Waals surface area contributed by atoms with Crippen LogP contribution in [0.15, 0.2) is 48.5 Å². The lowest BCUT2D eigenvalue weighted by Crippen LogP contribution is -2.19. The molecule has 1 heterocycles. The normalized spacial score (nSPS) is 10.6. The van der Waals surface area contributed by atoms with E-state index in [1.165, 1.54) is 24.3 Å². The predicted molar refractivity (Wildman–Crippen MR) is 96.9 cm³/mol. The fraction of sp³-hybridized carbons (Fsp3) is 0.158. The van der Waals surface area contributed by atoms with Gasteiger partial charge in [-0.25, -0.2) is 4.79 Å². The summed E-state index contributed by atoms with van der Waals surface area (Å²) in [4.78, 5) is 37.4. The van der Waals surface area contributed by atoms with Crippen molar-refractivity contribution in [3.8, 4) is 5.75 Å². The third kappa shape index (κ3) is 4.12. The first-order chi connectivity index (χ1) is 13.0. The number of Topliss-reactive ketones (excluding diaryl/α,β-unsaturated/α-hetero) is 1. The number of ether oxygens (including phenoxy) is 2. The summed E-state index contributed by atoms with van der Waals surface area (Å²) in [5.41, 5.74) is 1.96. The van der Waals surface area contributed by atoms with Crippen LogP contribution in [0.5, 0.6) is 5.75 Å². The van der Waals surface area contributed by atoms with Crippen molar-refractivity contribution in [2.24, 2.45) is 0 Å². The van der Waals surface area contributed by atoms with Crippen molar-refractivity contribution >= 4 is 28.3 Å². The molecule has 27 heavy (non-hydrogen) atoms. The highest BCUT2D eigenvalue weighted by molar-refractivity contribution is 6.10. The molecule has 0 unspecified atom stereocenters. The fourth-order valence-electron chi connectivity index (χ4n) is 2.70. The lowest BCUT2D eigenvalue weighted by atomic mass is 10.1. The molecule has 0 atom stereocenters. The highest BCUT2D eigenvalue weighted by Crippen LogP contribution is 2.22. The van der Waals surface area contributed by atoms with Gasteiger partial charge in [0.05, 0.1) is 4.92 Å². The zero-order valence-corrected chi connectivity index (χ0v) is 14.4. The second-order valence-electron chi connectivity index (χ2n) is 5.79. The van der Waals surface area contributed by atoms with Crippen molar-refractivity contribution in [1.29, 1.82) is 0 Å². The molecule has 138 valence electrons. The van der Waals surface area contributed by atoms with Crippen LogP contribution >= 0.6 is 0 Å². The third-order valence-electron chi connectivity index (χ3n) is 3.94. The molecule has 0 aliphatic carbocycles. The number of nitrogens with zero attached hydrogens (tertiary/aromatic N) is 1. The number of nitro groups is 1. The van der Waals surface area contributed by atoms with Gasteiger partial charge in [-0.05, 0) is 25.1 Å². The van der Waals surface area contributed by atoms with E-state index in [1.807, 2.05) is 24.3 Å². The lowest BCUT2D eigenvalue weighted by molar-refractivity contribution is -0.384. The van der Waals surface area contributed by atoms with Crippen LogP contribution in [0.25, 0.3) is 10.9 Å². The Morgan fingerprint density at radius 1 is 1.07 bits per heavy atom. The summed E-state index contributed by atoms with van der Waals surface area (Å²) in [5.74, 6) is -0.732. The standard InChI is InChI=1S/C19H16N2O6/c1-12-19(15-4-2-3-5-16(15)20-12)17(22)10-27-18(23)11-26-14-8-6-13(7-9-14)21(24)25/h2-9,20H,10-11H2,1H3. The Morgan fingerprint density at radius 3 is 2.48 bits per heavy atom. The number of hydrogen-bond donors (Lipinski definition) is 1. The Morgan fingerprint density at radius 2 is 1.78 bits per heavy atom. The molecule has 3 aromatic rings. The maximum Gasteiger partial charge on any atom is 0.344 e. The maximum absolute atomic E-state index is 12.4. The molecule has 0 fully saturated rings. The molecule has 2 aromatic carbocycles. The molecule has 0 saturated carbocycles. The van der Waals surface area contributed by atoms with Gasteiger partial charge < -0.3 is 14.5 Å². The van der Waals surface area contributed by atoms with E-state index in [0.717, 1.165) is 10.9 Å². The number of nitro benzene ring substituents is 1. The maximum atomic E-state index is 12.4. The average molecular weight is 368 g/mol. The summed E-state index contributed by atoms with van der Waals surface area (Å²) in [6.07, 6.45) is 0. The zero-order valence-electron chi connectivity index (χ0n) is 14.4. The number of aromatic nitrogens is 1. The summed E-state index contributed by atoms with van der Waals surface area (Å²) in [5, 5.41) is 11.4. The number of carbonyl (C=O) groups is 2. The summed E-state index contributed by atoms with van der Waals surface area (Å²) in [7, 11) is 0. The van der Waals surface area contributed by atoms with Gasteiger partial charge in [-0.3, -0.25) is 14.9 Å². The first-order valence-electron chi connectivity index (χ1n) is 8.09. The zero-order chi connectivity index (χ0) is 19.4. The average Bonchev–Trinajstić information content (AvgIpc) is 3.00. The van der Waals surface area contributed by atoms with Crippen molar-refractivity contribution in [3.05, 3.63) is 69.9 Å². The summed E-state index contributed by atoms with van der Waals surface area (Å²) >= 11 is 0. The minimum Gasteiger partial charge on any atom is -0.482 e. The van der Waals surface area contributed by atoms with Gasteiger partial charge in [-0.15, -0.1) is 0 Å². The van der Waals surface area contributed by atoms with Crippen molar-refractivity contribution < 1.29 is 24.0 Å². The van der Waals surface area contributed by atoms with Crippen molar-refractivity contribution in [2.45, 2.75) is 6.92 Å². The summed E-state index contributed by atoms with van der Waals surface area (Å²) in [6.45, 7) is 0.982. The van der Waals surface area contributed by atoms with Gasteiger partial charge in [-0.2, -0.15) is 0 Å². The van der Waals surface area contributed by atoms with Gasteiger partial charge in [0.25, 0.3) is 5.69 Å². The van der Waals surface area contributed by atoms with E-state index in [2.05, 4.69) is 4.98 Å². The monoisotopic (exact) mass is 368 g/mol. The number of rotatable bonds is 7. The number of hydrogen-bond acceptors (Lipinski definition) is 6. The number of aromatic amines is 1. The Bertz CT molecular complexity index is 1010. The number of benzene rings is 2. The van der Waals surface area contributed by atoms with Crippen LogP contribution in [0.3, 0.4) is 0 Å². The fourth-order valence-corrected chi connectivity index (χ4v) is 2.70. The van der Waals surface area contributed by atoms with E-state index < -0.39 is 24.1 Å². The molecular formula is C19H16N2O6. The van der Waals surface area contributed by atoms with E-state index in [9.17, 15) is 19.7 Å². The van der Waals surface area contributed by atoms with E-state index in [0.29, 0.717) is 11.3 Å². The molecule has 0 saturated heterocycles. The number of non-ortho nitro benzene ring substituents is 1. The largest absolute Gasteiger partial charge is 0.482 e. The Labute approximate surface area is 153 Å². The third-order valence-corrected chi connectivity index (χ3v) is 3.94. The molecule has 0 spiro atoms. The van der Waals surface area contributed by atoms with E-state index in [-0.39, 0.29) is 17.2 Å². The van der Waals surface area contributed by atoms with Crippen LogP contribution in [0, 0.1) is 17.0 Å². The van der Waals surface area contributed by atoms with Crippen LogP contribution < -0.4 is 4.74 Å². The van der Waals surface area contributed by atoms with Gasteiger partial charge >= 0.3 is 5.97 Å². The van der Waals surface area contributed by atoms with Gasteiger partial charge in [-0.1, -0.05) is 18.2 Å². The molecule has 0 aliphatic rings. The minimum atomic E-state index is -0.709. The van der Waals surface area contributed by atoms with Crippen LogP contribution in [0.1, 0.15) is 16.1 Å². The molecule has 1 aromatic heterocycles. The van der Waals surface area contributed by atoms with Gasteiger partial charge in [0.1, 0.15) is 5.75 Å². The molecule has 1 N–H and O–H groups in total. The molecular weight excluding hydrogens is 352 g/mol. The Kier molecular flexibility index (Phi) is 5.16. The van der Waals surface area contributed by atoms with Crippen LogP contribution in [0.2, 0.25) is 0 Å². The van der Waals surface area contributed by atoms with Crippen molar-refractivity contribution in [3.63, 3.8) is 0 Å². The molecule has 0 radical (unpaired) electrons. The number of aryl methyl sites for hydroxylation is 1. The minimum absolute atomic E-state index is 0.0791. The topological polar surface area (TPSA) is 112 Å². The molecule has 8 heteroatoms. The van der Waals surface area contributed by atoms with E-state index in [4.69, 9.17) is 9.47 Å². The van der Waals surface area contributed by atoms with Crippen molar-refractivity contribution in [1.82, 2.24) is 4.98 Å². The summed E-state index contributed by atoms with van der Waals surface area (Å²) < 4.78 is 10.2. The number of nitrogens with one attached hydrogen (secondary N) is 1. The first kappa shape index (κ1) is 18.1. The van der Waals surface area contributed by atoms with Crippen LogP contribution in [-0.4, -0.2) is 34.9 Å². The number of esters is 1. The van der Waals surface area contributed by atoms with Crippen LogP contribution in [0.4, 0.5) is 5.69 Å². The predicted octanol–water partition coefficient (Wildman–Crippen LogP) is 3.19. The molecule has 0 bridgehead atoms. The second-order valence-corrected chi connectivity index (χ2v) is 5.79. The number of ketones is 1. The quantitative estimate of drug-likeness (QED) is 0.297. The number of para-hydroxylation sites is 1. The number of H-pyrrole nitrogens is 1. The highest BCUT2D eigenvalue weighted by atomic mass is 16.6. The van der Waals surface area contributed by atoms with Gasteiger partial charge in [0.2, 0.25) is 5.78 Å². The van der Waals surface area contributed by atoms with E-state index in [1.54, 1.807) is 6.92 Å². The highest BCUT2D eigenvalue weighted by Gasteiger charge is 2.17. The molecule has 3 rings (SSSR count). The smallest absolute Gasteiger partial charge is 0.344 e. The van der Waals surface area contributed by atoms with Gasteiger partial charge in [0.15, 0.2) is 13.2 Å². The van der Waals surface area contributed by atoms with E-state index >= 15 is 0 Å². The Hall–Kier alpha value is -3.68. The van der Waals surface area contributed by atoms with Gasteiger partial charge in [0, 0.05) is 34.3 Å². The van der Waals surface area contributed by atoms with Crippen LogP contribution in [-0.2, 0) is 9.53 Å². The van der Waals surface area contributed by atoms with Crippen molar-refractivity contribution in [2.75, 3.05) is 13.2 Å². The molecule has 0 aliphatic heterocycles. The Balaban J connectivity index is 1.55. The molecule has 0 amide bonds. The summed E-state index contributed by atoms with van der Waals surface area (Å²) in [6, 6.07) is 12.7. The lowest BCUT2D eigenvalue weighted by Gasteiger charge is -2.07. The first-order valence-corrected chi connectivity index (χ1v) is 8.09. The molecule has 8 nitrogen and oxygen atoms in total.